The first-order valence-electron chi connectivity index (χ1n) is 8.11. The molecule has 7 nitrogen and oxygen atoms in total. The first kappa shape index (κ1) is 17.6. The molecule has 2 aliphatic rings. The summed E-state index contributed by atoms with van der Waals surface area (Å²) in [6.45, 7) is 5.25. The van der Waals surface area contributed by atoms with Crippen LogP contribution in [-0.4, -0.2) is 51.6 Å². The molecule has 1 saturated heterocycles. The Kier molecular flexibility index (Phi) is 5.45. The lowest BCUT2D eigenvalue weighted by Gasteiger charge is -2.31. The Morgan fingerprint density at radius 1 is 1.48 bits per heavy atom. The van der Waals surface area contributed by atoms with Crippen molar-refractivity contribution in [1.29, 1.82) is 0 Å². The number of allylic oxidation sites excluding steroid dienone is 2. The molecule has 1 amide bonds. The number of anilines is 1. The van der Waals surface area contributed by atoms with Gasteiger partial charge in [0.05, 0.1) is 12.6 Å². The number of ether oxygens (including phenoxy) is 1. The van der Waals surface area contributed by atoms with Gasteiger partial charge >= 0.3 is 0 Å². The number of hydrogen-bond donors (Lipinski definition) is 1. The highest BCUT2D eigenvalue weighted by Gasteiger charge is 2.30. The van der Waals surface area contributed by atoms with Gasteiger partial charge in [0.25, 0.3) is 0 Å². The van der Waals surface area contributed by atoms with Crippen molar-refractivity contribution in [2.45, 2.75) is 24.8 Å². The minimum Gasteiger partial charge on any atom is -0.379 e. The number of hydrogen-bond acceptors (Lipinski definition) is 6. The Balaban J connectivity index is 1.94. The highest BCUT2D eigenvalue weighted by atomic mass is 35.5. The Labute approximate surface area is 151 Å². The van der Waals surface area contributed by atoms with E-state index in [1.54, 1.807) is 4.90 Å². The van der Waals surface area contributed by atoms with Crippen LogP contribution in [0.2, 0.25) is 0 Å². The first-order valence-corrected chi connectivity index (χ1v) is 8.49. The quantitative estimate of drug-likeness (QED) is 0.825. The maximum atomic E-state index is 12.3. The van der Waals surface area contributed by atoms with Gasteiger partial charge in [-0.3, -0.25) is 4.79 Å². The van der Waals surface area contributed by atoms with Crippen LogP contribution in [0.15, 0.2) is 41.7 Å². The number of nitrogen functional groups attached to an aromatic ring is 1. The third-order valence-corrected chi connectivity index (χ3v) is 4.52. The number of rotatable bonds is 3. The fourth-order valence-corrected chi connectivity index (χ4v) is 3.39. The summed E-state index contributed by atoms with van der Waals surface area (Å²) in [5.41, 5.74) is 6.58. The summed E-state index contributed by atoms with van der Waals surface area (Å²) in [4.78, 5) is 26.3. The smallest absolute Gasteiger partial charge is 0.246 e. The third-order valence-electron chi connectivity index (χ3n) is 4.25. The van der Waals surface area contributed by atoms with Crippen molar-refractivity contribution >= 4 is 23.5 Å². The monoisotopic (exact) mass is 361 g/mol. The van der Waals surface area contributed by atoms with E-state index in [1.165, 1.54) is 12.4 Å². The van der Waals surface area contributed by atoms with Crippen LogP contribution in [0.4, 0.5) is 5.95 Å². The van der Waals surface area contributed by atoms with Crippen LogP contribution in [0.25, 0.3) is 0 Å². The summed E-state index contributed by atoms with van der Waals surface area (Å²) in [6, 6.07) is -0.219. The van der Waals surface area contributed by atoms with Gasteiger partial charge in [-0.2, -0.15) is 4.98 Å². The van der Waals surface area contributed by atoms with Crippen molar-refractivity contribution in [3.8, 4) is 0 Å². The van der Waals surface area contributed by atoms with Gasteiger partial charge in [0.2, 0.25) is 11.9 Å². The van der Waals surface area contributed by atoms with Gasteiger partial charge in [0, 0.05) is 24.1 Å². The summed E-state index contributed by atoms with van der Waals surface area (Å²) >= 11 is 6.37. The highest BCUT2D eigenvalue weighted by molar-refractivity contribution is 6.29. The Morgan fingerprint density at radius 2 is 2.32 bits per heavy atom. The van der Waals surface area contributed by atoms with E-state index in [9.17, 15) is 4.79 Å². The van der Waals surface area contributed by atoms with Crippen molar-refractivity contribution in [3.05, 3.63) is 47.6 Å². The molecule has 2 atom stereocenters. The maximum Gasteiger partial charge on any atom is 0.246 e. The lowest BCUT2D eigenvalue weighted by atomic mass is 9.91. The van der Waals surface area contributed by atoms with E-state index in [0.717, 1.165) is 12.0 Å². The fraction of sp³-hybridized carbons (Fsp3) is 0.412. The van der Waals surface area contributed by atoms with E-state index < -0.39 is 0 Å². The lowest BCUT2D eigenvalue weighted by molar-refractivity contribution is -0.127. The van der Waals surface area contributed by atoms with Crippen LogP contribution in [0, 0.1) is 0 Å². The fourth-order valence-electron chi connectivity index (χ4n) is 3.10. The molecule has 2 N–H and O–H groups in total. The Hall–Kier alpha value is -2.25. The topological polar surface area (TPSA) is 94.2 Å². The van der Waals surface area contributed by atoms with E-state index in [0.29, 0.717) is 37.0 Å². The van der Waals surface area contributed by atoms with Crippen LogP contribution in [0.1, 0.15) is 24.6 Å². The highest BCUT2D eigenvalue weighted by Crippen LogP contribution is 2.34. The normalized spacial score (nSPS) is 24.1. The minimum absolute atomic E-state index is 0.118. The zero-order valence-corrected chi connectivity index (χ0v) is 14.5. The molecule has 0 aromatic carbocycles. The number of aromatic nitrogens is 3. The average Bonchev–Trinajstić information content (AvgIpc) is 2.86. The number of carbonyl (C=O) groups is 1. The molecule has 2 heterocycles. The minimum atomic E-state index is -0.219. The summed E-state index contributed by atoms with van der Waals surface area (Å²) in [7, 11) is 0. The molecule has 1 aliphatic heterocycles. The number of halogens is 1. The first-order chi connectivity index (χ1) is 12.1. The Bertz CT molecular complexity index is 734. The molecule has 1 aliphatic carbocycles. The molecule has 1 aromatic rings. The predicted octanol–water partition coefficient (Wildman–Crippen LogP) is 1.79. The van der Waals surface area contributed by atoms with E-state index in [2.05, 4.69) is 21.5 Å². The molecule has 0 radical (unpaired) electrons. The van der Waals surface area contributed by atoms with Crippen molar-refractivity contribution in [2.75, 3.05) is 25.5 Å². The molecule has 2 unspecified atom stereocenters. The summed E-state index contributed by atoms with van der Waals surface area (Å²) in [5.74, 6) is 0.494. The zero-order valence-electron chi connectivity index (χ0n) is 13.8. The van der Waals surface area contributed by atoms with E-state index in [-0.39, 0.29) is 23.8 Å². The molecule has 8 heteroatoms. The van der Waals surface area contributed by atoms with Crippen LogP contribution in [-0.2, 0) is 9.53 Å². The average molecular weight is 362 g/mol. The number of nitrogens with zero attached hydrogens (tertiary/aromatic N) is 4. The van der Waals surface area contributed by atoms with Crippen molar-refractivity contribution in [3.63, 3.8) is 0 Å². The van der Waals surface area contributed by atoms with Crippen molar-refractivity contribution in [1.82, 2.24) is 19.9 Å². The standard InChI is InChI=1S/C17H20ClN5O2/c1-2-15(24)23-4-3-5-25-9-14(23)11-6-12(8-13(18)7-11)16-20-10-21-17(19)22-16/h2,6-7,10,12,14H,1,3-5,8-9H2,(H2,19,20,21,22). The van der Waals surface area contributed by atoms with Gasteiger partial charge in [-0.1, -0.05) is 24.3 Å². The van der Waals surface area contributed by atoms with Crippen molar-refractivity contribution in [2.24, 2.45) is 0 Å². The van der Waals surface area contributed by atoms with Crippen LogP contribution < -0.4 is 5.73 Å². The van der Waals surface area contributed by atoms with Gasteiger partial charge in [-0.05, 0) is 30.6 Å². The molecule has 0 bridgehead atoms. The summed E-state index contributed by atoms with van der Waals surface area (Å²) in [6.07, 6.45) is 8.01. The van der Waals surface area contributed by atoms with Gasteiger partial charge in [0.1, 0.15) is 12.2 Å². The third kappa shape index (κ3) is 4.05. The summed E-state index contributed by atoms with van der Waals surface area (Å²) in [5, 5.41) is 0.678. The van der Waals surface area contributed by atoms with Crippen molar-refractivity contribution < 1.29 is 9.53 Å². The second kappa shape index (κ2) is 7.76. The molecule has 3 rings (SSSR count). The molecule has 1 fully saturated rings. The maximum absolute atomic E-state index is 12.3. The number of amides is 1. The van der Waals surface area contributed by atoms with Crippen LogP contribution in [0.5, 0.6) is 0 Å². The molecular formula is C17H20ClN5O2. The lowest BCUT2D eigenvalue weighted by Crippen LogP contribution is -2.42. The van der Waals surface area contributed by atoms with Crippen LogP contribution >= 0.6 is 11.6 Å². The SMILES string of the molecule is C=CC(=O)N1CCCOCC1C1=CC(c2ncnc(N)n2)CC(Cl)=C1. The predicted molar refractivity (Wildman–Crippen MR) is 94.8 cm³/mol. The second-order valence-electron chi connectivity index (χ2n) is 5.95. The molecule has 1 aromatic heterocycles. The second-order valence-corrected chi connectivity index (χ2v) is 6.44. The number of carbonyl (C=O) groups excluding carboxylic acids is 1. The van der Waals surface area contributed by atoms with E-state index in [1.807, 2.05) is 12.2 Å². The van der Waals surface area contributed by atoms with Crippen LogP contribution in [0.3, 0.4) is 0 Å². The largest absolute Gasteiger partial charge is 0.379 e. The van der Waals surface area contributed by atoms with E-state index in [4.69, 9.17) is 22.1 Å². The van der Waals surface area contributed by atoms with Gasteiger partial charge < -0.3 is 15.4 Å². The number of nitrogens with two attached hydrogens (primary N) is 1. The van der Waals surface area contributed by atoms with Gasteiger partial charge in [-0.15, -0.1) is 0 Å². The zero-order chi connectivity index (χ0) is 17.8. The Morgan fingerprint density at radius 3 is 3.08 bits per heavy atom. The molecule has 0 saturated carbocycles. The molecular weight excluding hydrogens is 342 g/mol. The van der Waals surface area contributed by atoms with Gasteiger partial charge in [0.15, 0.2) is 0 Å². The van der Waals surface area contributed by atoms with E-state index >= 15 is 0 Å². The summed E-state index contributed by atoms with van der Waals surface area (Å²) < 4.78 is 5.68. The molecule has 132 valence electrons. The molecule has 25 heavy (non-hydrogen) atoms. The molecule has 0 spiro atoms. The van der Waals surface area contributed by atoms with Gasteiger partial charge in [-0.25, -0.2) is 9.97 Å².